The van der Waals surface area contributed by atoms with Crippen LogP contribution in [0.1, 0.15) is 30.5 Å². The Morgan fingerprint density at radius 2 is 2.07 bits per heavy atom. The number of likely N-dealkylation sites (tertiary alicyclic amines) is 1. The summed E-state index contributed by atoms with van der Waals surface area (Å²) >= 11 is 0. The van der Waals surface area contributed by atoms with Gasteiger partial charge in [-0.25, -0.2) is 4.39 Å². The molecule has 2 N–H and O–H groups in total. The zero-order valence-corrected chi connectivity index (χ0v) is 16.6. The molecule has 0 aliphatic carbocycles. The molecule has 3 rings (SSSR count). The number of nitrogens with one attached hydrogen (secondary N) is 2. The van der Waals surface area contributed by atoms with Crippen molar-refractivity contribution in [1.29, 1.82) is 0 Å². The average molecular weight is 384 g/mol. The van der Waals surface area contributed by atoms with Gasteiger partial charge in [0.25, 0.3) is 0 Å². The van der Waals surface area contributed by atoms with Gasteiger partial charge in [0.2, 0.25) is 0 Å². The SMILES string of the molecule is CN=C(NCCCc1cccc(F)c1)NC1CCN(Cc2ccccn2)CC1. The Hall–Kier alpha value is -2.47. The van der Waals surface area contributed by atoms with Gasteiger partial charge in [0, 0.05) is 45.5 Å². The summed E-state index contributed by atoms with van der Waals surface area (Å²) in [5.74, 6) is 0.680. The standard InChI is InChI=1S/C22H30FN5/c1-24-22(26-13-5-7-18-6-4-8-19(23)16-18)27-20-10-14-28(15-11-20)17-21-9-2-3-12-25-21/h2-4,6,8-9,12,16,20H,5,7,10-11,13-15,17H2,1H3,(H2,24,26,27). The van der Waals surface area contributed by atoms with Crippen molar-refractivity contribution < 1.29 is 4.39 Å². The number of aryl methyl sites for hydroxylation is 1. The second-order valence-electron chi connectivity index (χ2n) is 7.25. The molecule has 2 heterocycles. The van der Waals surface area contributed by atoms with Crippen molar-refractivity contribution in [2.24, 2.45) is 4.99 Å². The van der Waals surface area contributed by atoms with Crippen LogP contribution in [0.4, 0.5) is 4.39 Å². The molecule has 0 bridgehead atoms. The van der Waals surface area contributed by atoms with E-state index in [-0.39, 0.29) is 5.82 Å². The third-order valence-corrected chi connectivity index (χ3v) is 5.09. The van der Waals surface area contributed by atoms with Gasteiger partial charge in [-0.2, -0.15) is 0 Å². The number of nitrogens with zero attached hydrogens (tertiary/aromatic N) is 3. The molecule has 1 aromatic carbocycles. The summed E-state index contributed by atoms with van der Waals surface area (Å²) in [6.45, 7) is 3.85. The molecule has 5 nitrogen and oxygen atoms in total. The number of pyridine rings is 1. The highest BCUT2D eigenvalue weighted by Gasteiger charge is 2.20. The zero-order chi connectivity index (χ0) is 19.6. The first-order valence-electron chi connectivity index (χ1n) is 10.1. The number of piperidine rings is 1. The minimum Gasteiger partial charge on any atom is -0.356 e. The molecule has 2 aromatic rings. The average Bonchev–Trinajstić information content (AvgIpc) is 2.72. The Morgan fingerprint density at radius 1 is 1.21 bits per heavy atom. The normalized spacial score (nSPS) is 16.1. The second kappa shape index (κ2) is 10.8. The lowest BCUT2D eigenvalue weighted by Crippen LogP contribution is -2.48. The number of aromatic nitrogens is 1. The van der Waals surface area contributed by atoms with Crippen LogP contribution in [0.15, 0.2) is 53.7 Å². The molecular weight excluding hydrogens is 353 g/mol. The Kier molecular flexibility index (Phi) is 7.79. The predicted octanol–water partition coefficient (Wildman–Crippen LogP) is 2.98. The summed E-state index contributed by atoms with van der Waals surface area (Å²) in [5, 5.41) is 6.91. The summed E-state index contributed by atoms with van der Waals surface area (Å²) < 4.78 is 13.2. The summed E-state index contributed by atoms with van der Waals surface area (Å²) in [6, 6.07) is 13.3. The maximum atomic E-state index is 13.2. The molecule has 0 amide bonds. The van der Waals surface area contributed by atoms with E-state index in [1.165, 1.54) is 6.07 Å². The van der Waals surface area contributed by atoms with Crippen molar-refractivity contribution in [3.63, 3.8) is 0 Å². The molecule has 0 radical (unpaired) electrons. The molecule has 1 aromatic heterocycles. The molecule has 6 heteroatoms. The van der Waals surface area contributed by atoms with Gasteiger partial charge in [-0.15, -0.1) is 0 Å². The topological polar surface area (TPSA) is 52.6 Å². The van der Waals surface area contributed by atoms with Crippen molar-refractivity contribution >= 4 is 5.96 Å². The molecule has 1 fully saturated rings. The maximum Gasteiger partial charge on any atom is 0.191 e. The van der Waals surface area contributed by atoms with Crippen LogP contribution < -0.4 is 10.6 Å². The van der Waals surface area contributed by atoms with E-state index in [2.05, 4.69) is 31.6 Å². The van der Waals surface area contributed by atoms with Gasteiger partial charge in [0.15, 0.2) is 5.96 Å². The molecule has 0 spiro atoms. The Labute approximate surface area is 167 Å². The molecule has 1 aliphatic heterocycles. The molecule has 1 saturated heterocycles. The lowest BCUT2D eigenvalue weighted by Gasteiger charge is -2.32. The van der Waals surface area contributed by atoms with Gasteiger partial charge in [-0.1, -0.05) is 18.2 Å². The van der Waals surface area contributed by atoms with E-state index >= 15 is 0 Å². The van der Waals surface area contributed by atoms with E-state index in [1.54, 1.807) is 19.2 Å². The van der Waals surface area contributed by atoms with Gasteiger partial charge in [0.1, 0.15) is 5.82 Å². The number of hydrogen-bond donors (Lipinski definition) is 2. The van der Waals surface area contributed by atoms with Crippen LogP contribution >= 0.6 is 0 Å². The summed E-state index contributed by atoms with van der Waals surface area (Å²) in [6.07, 6.45) is 5.83. The summed E-state index contributed by atoms with van der Waals surface area (Å²) in [4.78, 5) is 11.2. The van der Waals surface area contributed by atoms with Gasteiger partial charge >= 0.3 is 0 Å². The van der Waals surface area contributed by atoms with Gasteiger partial charge < -0.3 is 10.6 Å². The van der Waals surface area contributed by atoms with Crippen molar-refractivity contribution in [3.8, 4) is 0 Å². The van der Waals surface area contributed by atoms with Crippen molar-refractivity contribution in [3.05, 3.63) is 65.7 Å². The molecule has 0 saturated carbocycles. The smallest absolute Gasteiger partial charge is 0.191 e. The predicted molar refractivity (Wildman–Crippen MR) is 112 cm³/mol. The summed E-state index contributed by atoms with van der Waals surface area (Å²) in [7, 11) is 1.80. The van der Waals surface area contributed by atoms with Gasteiger partial charge in [-0.3, -0.25) is 14.9 Å². The molecule has 150 valence electrons. The minimum atomic E-state index is -0.169. The molecule has 0 atom stereocenters. The number of halogens is 1. The van der Waals surface area contributed by atoms with Gasteiger partial charge in [-0.05, 0) is 55.5 Å². The minimum absolute atomic E-state index is 0.169. The van der Waals surface area contributed by atoms with Crippen LogP contribution in [0.3, 0.4) is 0 Å². The first-order valence-corrected chi connectivity index (χ1v) is 10.1. The molecule has 28 heavy (non-hydrogen) atoms. The first-order chi connectivity index (χ1) is 13.7. The van der Waals surface area contributed by atoms with E-state index in [4.69, 9.17) is 0 Å². The maximum absolute atomic E-state index is 13.2. The zero-order valence-electron chi connectivity index (χ0n) is 16.6. The third kappa shape index (κ3) is 6.60. The fraction of sp³-hybridized carbons (Fsp3) is 0.455. The number of benzene rings is 1. The first kappa shape index (κ1) is 20.3. The van der Waals surface area contributed by atoms with Crippen molar-refractivity contribution in [1.82, 2.24) is 20.5 Å². The molecule has 1 aliphatic rings. The number of hydrogen-bond acceptors (Lipinski definition) is 3. The van der Waals surface area contributed by atoms with Crippen LogP contribution in [0, 0.1) is 5.82 Å². The van der Waals surface area contributed by atoms with E-state index in [1.807, 2.05) is 24.4 Å². The van der Waals surface area contributed by atoms with Crippen LogP contribution in [-0.2, 0) is 13.0 Å². The van der Waals surface area contributed by atoms with E-state index < -0.39 is 0 Å². The van der Waals surface area contributed by atoms with Crippen LogP contribution in [0.25, 0.3) is 0 Å². The quantitative estimate of drug-likeness (QED) is 0.438. The highest BCUT2D eigenvalue weighted by molar-refractivity contribution is 5.79. The number of aliphatic imine (C=N–C) groups is 1. The third-order valence-electron chi connectivity index (χ3n) is 5.09. The monoisotopic (exact) mass is 383 g/mol. The fourth-order valence-corrected chi connectivity index (χ4v) is 3.54. The highest BCUT2D eigenvalue weighted by atomic mass is 19.1. The van der Waals surface area contributed by atoms with Crippen molar-refractivity contribution in [2.45, 2.75) is 38.3 Å². The molecule has 0 unspecified atom stereocenters. The Balaban J connectivity index is 1.34. The number of guanidine groups is 1. The number of rotatable bonds is 7. The van der Waals surface area contributed by atoms with Gasteiger partial charge in [0.05, 0.1) is 5.69 Å². The second-order valence-corrected chi connectivity index (χ2v) is 7.25. The van der Waals surface area contributed by atoms with E-state index in [0.717, 1.165) is 69.1 Å². The largest absolute Gasteiger partial charge is 0.356 e. The lowest BCUT2D eigenvalue weighted by molar-refractivity contribution is 0.196. The van der Waals surface area contributed by atoms with E-state index in [9.17, 15) is 4.39 Å². The van der Waals surface area contributed by atoms with Crippen LogP contribution in [0.2, 0.25) is 0 Å². The molecular formula is C22H30FN5. The highest BCUT2D eigenvalue weighted by Crippen LogP contribution is 2.13. The van der Waals surface area contributed by atoms with Crippen LogP contribution in [-0.4, -0.2) is 48.6 Å². The van der Waals surface area contributed by atoms with Crippen molar-refractivity contribution in [2.75, 3.05) is 26.7 Å². The fourth-order valence-electron chi connectivity index (χ4n) is 3.54. The summed E-state index contributed by atoms with van der Waals surface area (Å²) in [5.41, 5.74) is 2.16. The van der Waals surface area contributed by atoms with E-state index in [0.29, 0.717) is 6.04 Å². The Bertz CT molecular complexity index is 742. The van der Waals surface area contributed by atoms with Crippen LogP contribution in [0.5, 0.6) is 0 Å². The Morgan fingerprint density at radius 3 is 2.79 bits per heavy atom. The lowest BCUT2D eigenvalue weighted by atomic mass is 10.0.